The predicted octanol–water partition coefficient (Wildman–Crippen LogP) is 3.81. The first-order chi connectivity index (χ1) is 10.6. The summed E-state index contributed by atoms with van der Waals surface area (Å²) in [5, 5.41) is 1.06. The van der Waals surface area contributed by atoms with Crippen molar-refractivity contribution in [2.75, 3.05) is 13.2 Å². The van der Waals surface area contributed by atoms with Gasteiger partial charge in [0, 0.05) is 41.3 Å². The van der Waals surface area contributed by atoms with Crippen molar-refractivity contribution < 1.29 is 9.15 Å². The van der Waals surface area contributed by atoms with Crippen molar-refractivity contribution in [1.29, 1.82) is 0 Å². The van der Waals surface area contributed by atoms with Crippen LogP contribution in [0.5, 0.6) is 0 Å². The largest absolute Gasteiger partial charge is 0.454 e. The number of furan rings is 1. The topological polar surface area (TPSA) is 61.3 Å². The molecule has 3 aromatic rings. The first-order valence-corrected chi connectivity index (χ1v) is 7.80. The minimum absolute atomic E-state index is 0.0683. The number of aryl methyl sites for hydroxylation is 1. The summed E-state index contributed by atoms with van der Waals surface area (Å²) in [5.41, 5.74) is 12.2. The summed E-state index contributed by atoms with van der Waals surface area (Å²) in [6.45, 7) is 5.65. The van der Waals surface area contributed by atoms with Crippen molar-refractivity contribution in [2.24, 2.45) is 5.73 Å². The molecular weight excluding hydrogens is 276 g/mol. The van der Waals surface area contributed by atoms with Crippen molar-refractivity contribution >= 4 is 22.1 Å². The van der Waals surface area contributed by atoms with E-state index in [0.717, 1.165) is 47.3 Å². The lowest BCUT2D eigenvalue weighted by Gasteiger charge is -2.07. The molecule has 0 spiro atoms. The number of hydrogen-bond donors (Lipinski definition) is 1. The van der Waals surface area contributed by atoms with E-state index in [0.29, 0.717) is 5.92 Å². The SMILES string of the molecule is Cc1cc([C@@H](C)N)c2oc3c(C4CCOC4)ccnc3c2c1. The van der Waals surface area contributed by atoms with Gasteiger partial charge in [-0.3, -0.25) is 4.98 Å². The van der Waals surface area contributed by atoms with Gasteiger partial charge >= 0.3 is 0 Å². The number of nitrogens with two attached hydrogens (primary N) is 1. The zero-order chi connectivity index (χ0) is 15.3. The zero-order valence-electron chi connectivity index (χ0n) is 12.9. The van der Waals surface area contributed by atoms with Crippen molar-refractivity contribution in [3.63, 3.8) is 0 Å². The smallest absolute Gasteiger partial charge is 0.157 e. The fourth-order valence-electron chi connectivity index (χ4n) is 3.39. The van der Waals surface area contributed by atoms with Gasteiger partial charge in [0.15, 0.2) is 5.58 Å². The van der Waals surface area contributed by atoms with Gasteiger partial charge in [0.2, 0.25) is 0 Å². The van der Waals surface area contributed by atoms with Gasteiger partial charge in [-0.1, -0.05) is 6.07 Å². The molecule has 2 aromatic heterocycles. The monoisotopic (exact) mass is 296 g/mol. The molecule has 1 saturated heterocycles. The number of hydrogen-bond acceptors (Lipinski definition) is 4. The van der Waals surface area contributed by atoms with Crippen molar-refractivity contribution in [3.05, 3.63) is 41.1 Å². The lowest BCUT2D eigenvalue weighted by atomic mass is 9.98. The first kappa shape index (κ1) is 13.7. The normalized spacial score (nSPS) is 20.0. The summed E-state index contributed by atoms with van der Waals surface area (Å²) in [7, 11) is 0. The Bertz CT molecular complexity index is 845. The Labute approximate surface area is 129 Å². The van der Waals surface area contributed by atoms with Crippen LogP contribution in [0.2, 0.25) is 0 Å². The molecule has 2 N–H and O–H groups in total. The van der Waals surface area contributed by atoms with Gasteiger partial charge in [0.1, 0.15) is 11.1 Å². The molecule has 114 valence electrons. The van der Waals surface area contributed by atoms with Crippen LogP contribution in [0.15, 0.2) is 28.8 Å². The second-order valence-corrected chi connectivity index (χ2v) is 6.26. The Balaban J connectivity index is 2.04. The zero-order valence-corrected chi connectivity index (χ0v) is 12.9. The number of benzene rings is 1. The Morgan fingerprint density at radius 2 is 2.18 bits per heavy atom. The molecule has 3 heterocycles. The Morgan fingerprint density at radius 1 is 1.32 bits per heavy atom. The predicted molar refractivity (Wildman–Crippen MR) is 87.0 cm³/mol. The molecule has 0 radical (unpaired) electrons. The lowest BCUT2D eigenvalue weighted by molar-refractivity contribution is 0.194. The summed E-state index contributed by atoms with van der Waals surface area (Å²) < 4.78 is 11.8. The fourth-order valence-corrected chi connectivity index (χ4v) is 3.39. The van der Waals surface area contributed by atoms with Crippen LogP contribution in [0.4, 0.5) is 0 Å². The molecule has 4 nitrogen and oxygen atoms in total. The van der Waals surface area contributed by atoms with E-state index in [9.17, 15) is 0 Å². The van der Waals surface area contributed by atoms with Crippen molar-refractivity contribution in [3.8, 4) is 0 Å². The molecule has 2 atom stereocenters. The molecule has 1 aliphatic rings. The van der Waals surface area contributed by atoms with Crippen molar-refractivity contribution in [1.82, 2.24) is 4.98 Å². The van der Waals surface area contributed by atoms with E-state index in [2.05, 4.69) is 30.1 Å². The third-order valence-corrected chi connectivity index (χ3v) is 4.52. The minimum Gasteiger partial charge on any atom is -0.454 e. The van der Waals surface area contributed by atoms with Crippen LogP contribution >= 0.6 is 0 Å². The molecule has 0 saturated carbocycles. The van der Waals surface area contributed by atoms with Gasteiger partial charge in [0.25, 0.3) is 0 Å². The first-order valence-electron chi connectivity index (χ1n) is 7.80. The van der Waals surface area contributed by atoms with Gasteiger partial charge in [0.05, 0.1) is 6.61 Å². The Hall–Kier alpha value is -1.91. The standard InChI is InChI=1S/C18H20N2O2/c1-10-7-14(11(2)19)17-15(8-10)16-18(22-17)13(3-5-20-16)12-4-6-21-9-12/h3,5,7-8,11-12H,4,6,9,19H2,1-2H3/t11-,12?/m1/s1. The maximum Gasteiger partial charge on any atom is 0.157 e. The average molecular weight is 296 g/mol. The number of ether oxygens (including phenoxy) is 1. The van der Waals surface area contributed by atoms with Crippen LogP contribution in [0.25, 0.3) is 22.1 Å². The summed E-state index contributed by atoms with van der Waals surface area (Å²) in [6.07, 6.45) is 2.91. The number of nitrogens with zero attached hydrogens (tertiary/aromatic N) is 1. The second-order valence-electron chi connectivity index (χ2n) is 6.26. The van der Waals surface area contributed by atoms with Gasteiger partial charge in [-0.05, 0) is 38.0 Å². The van der Waals surface area contributed by atoms with E-state index in [1.807, 2.05) is 13.1 Å². The van der Waals surface area contributed by atoms with Gasteiger partial charge in [-0.25, -0.2) is 0 Å². The quantitative estimate of drug-likeness (QED) is 0.781. The highest BCUT2D eigenvalue weighted by atomic mass is 16.5. The van der Waals surface area contributed by atoms with Crippen LogP contribution in [0, 0.1) is 6.92 Å². The third kappa shape index (κ3) is 2.02. The van der Waals surface area contributed by atoms with Gasteiger partial charge in [-0.2, -0.15) is 0 Å². The van der Waals surface area contributed by atoms with Crippen LogP contribution in [0.3, 0.4) is 0 Å². The van der Waals surface area contributed by atoms with E-state index >= 15 is 0 Å². The second kappa shape index (κ2) is 5.07. The average Bonchev–Trinajstić information content (AvgIpc) is 3.13. The number of aromatic nitrogens is 1. The summed E-state index contributed by atoms with van der Waals surface area (Å²) in [5.74, 6) is 0.394. The molecule has 4 heteroatoms. The van der Waals surface area contributed by atoms with E-state index in [1.54, 1.807) is 0 Å². The maximum atomic E-state index is 6.25. The number of fused-ring (bicyclic) bond motifs is 3. The molecule has 1 fully saturated rings. The lowest BCUT2D eigenvalue weighted by Crippen LogP contribution is -2.05. The molecule has 0 aliphatic carbocycles. The third-order valence-electron chi connectivity index (χ3n) is 4.52. The highest BCUT2D eigenvalue weighted by Crippen LogP contribution is 2.38. The molecule has 0 bridgehead atoms. The van der Waals surface area contributed by atoms with Crippen LogP contribution in [-0.2, 0) is 4.74 Å². The Morgan fingerprint density at radius 3 is 2.91 bits per heavy atom. The highest BCUT2D eigenvalue weighted by Gasteiger charge is 2.24. The summed E-state index contributed by atoms with van der Waals surface area (Å²) in [4.78, 5) is 4.57. The molecule has 1 aromatic carbocycles. The van der Waals surface area contributed by atoms with E-state index in [1.165, 1.54) is 11.1 Å². The molecule has 22 heavy (non-hydrogen) atoms. The van der Waals surface area contributed by atoms with Crippen LogP contribution in [0.1, 0.15) is 42.0 Å². The molecule has 1 unspecified atom stereocenters. The summed E-state index contributed by atoms with van der Waals surface area (Å²) in [6, 6.07) is 6.23. The van der Waals surface area contributed by atoms with Gasteiger partial charge in [-0.15, -0.1) is 0 Å². The van der Waals surface area contributed by atoms with Gasteiger partial charge < -0.3 is 14.9 Å². The van der Waals surface area contributed by atoms with E-state index < -0.39 is 0 Å². The van der Waals surface area contributed by atoms with Crippen molar-refractivity contribution in [2.45, 2.75) is 32.2 Å². The number of rotatable bonds is 2. The summed E-state index contributed by atoms with van der Waals surface area (Å²) >= 11 is 0. The minimum atomic E-state index is -0.0683. The molecule has 1 aliphatic heterocycles. The molecular formula is C18H20N2O2. The highest BCUT2D eigenvalue weighted by molar-refractivity contribution is 6.05. The van der Waals surface area contributed by atoms with E-state index in [-0.39, 0.29) is 6.04 Å². The Kier molecular flexibility index (Phi) is 3.17. The molecule has 4 rings (SSSR count). The maximum absolute atomic E-state index is 6.25. The van der Waals surface area contributed by atoms with E-state index in [4.69, 9.17) is 14.9 Å². The number of pyridine rings is 1. The fraction of sp³-hybridized carbons (Fsp3) is 0.389. The van der Waals surface area contributed by atoms with Crippen LogP contribution < -0.4 is 5.73 Å². The van der Waals surface area contributed by atoms with Crippen LogP contribution in [-0.4, -0.2) is 18.2 Å². The molecule has 0 amide bonds.